The molecule has 1 heterocycles. The van der Waals surface area contributed by atoms with Gasteiger partial charge in [-0.25, -0.2) is 9.15 Å². The van der Waals surface area contributed by atoms with Gasteiger partial charge in [0.05, 0.1) is 0 Å². The average molecular weight is 144 g/mol. The van der Waals surface area contributed by atoms with Crippen molar-refractivity contribution in [3.63, 3.8) is 0 Å². The van der Waals surface area contributed by atoms with E-state index in [0.717, 1.165) is 24.4 Å². The van der Waals surface area contributed by atoms with E-state index in [-0.39, 0.29) is 0 Å². The van der Waals surface area contributed by atoms with Crippen molar-refractivity contribution in [3.8, 4) is 0 Å². The molecule has 10 heavy (non-hydrogen) atoms. The fourth-order valence-electron chi connectivity index (χ4n) is 1.20. The van der Waals surface area contributed by atoms with Crippen LogP contribution >= 0.6 is 0 Å². The number of fused-ring (bicyclic) bond motifs is 1. The fraction of sp³-hybridized carbons (Fsp3) is 0.667. The zero-order chi connectivity index (χ0) is 6.97. The van der Waals surface area contributed by atoms with E-state index in [1.807, 2.05) is 0 Å². The van der Waals surface area contributed by atoms with Crippen molar-refractivity contribution in [2.75, 3.05) is 0 Å². The molecule has 0 saturated carbocycles. The highest BCUT2D eigenvalue weighted by Crippen LogP contribution is 2.25. The first-order chi connectivity index (χ1) is 4.86. The van der Waals surface area contributed by atoms with E-state index in [9.17, 15) is 0 Å². The third kappa shape index (κ3) is 0.761. The van der Waals surface area contributed by atoms with E-state index in [0.29, 0.717) is 5.92 Å². The summed E-state index contributed by atoms with van der Waals surface area (Å²) in [6.07, 6.45) is 1.75. The molecule has 0 N–H and O–H groups in total. The van der Waals surface area contributed by atoms with Crippen molar-refractivity contribution in [2.45, 2.75) is 19.8 Å². The summed E-state index contributed by atoms with van der Waals surface area (Å²) < 4.78 is 17.7. The summed E-state index contributed by atoms with van der Waals surface area (Å²) in [5.74, 6) is 2.09. The van der Waals surface area contributed by atoms with Gasteiger partial charge in [-0.3, -0.25) is 0 Å². The number of hydrogen-bond acceptors (Lipinski definition) is 4. The van der Waals surface area contributed by atoms with Crippen molar-refractivity contribution >= 4 is 0 Å². The molecule has 0 aliphatic heterocycles. The minimum Gasteiger partial charge on any atom is -0.250 e. The third-order valence-corrected chi connectivity index (χ3v) is 1.68. The maximum Gasteiger partial charge on any atom is 0.203 e. The topological polar surface area (TPSA) is 52.6 Å². The van der Waals surface area contributed by atoms with Gasteiger partial charge in [0.25, 0.3) is 0 Å². The van der Waals surface area contributed by atoms with Gasteiger partial charge in [0, 0.05) is 12.8 Å². The lowest BCUT2D eigenvalue weighted by Gasteiger charge is -1.90. The molecule has 4 nitrogen and oxygen atoms in total. The van der Waals surface area contributed by atoms with Crippen molar-refractivity contribution in [3.05, 3.63) is 11.5 Å². The molecule has 0 saturated heterocycles. The van der Waals surface area contributed by atoms with E-state index in [1.165, 1.54) is 0 Å². The summed E-state index contributed by atoms with van der Waals surface area (Å²) in [5, 5.41) is 0. The van der Waals surface area contributed by atoms with Gasteiger partial charge in [0.1, 0.15) is 0 Å². The maximum absolute atomic E-state index is 4.70. The summed E-state index contributed by atoms with van der Waals surface area (Å²) in [6.45, 7) is 2.12. The van der Waals surface area contributed by atoms with Gasteiger partial charge in [-0.05, 0) is 15.4 Å². The van der Waals surface area contributed by atoms with Gasteiger partial charge < -0.3 is 0 Å². The zero-order valence-corrected chi connectivity index (χ0v) is 5.62. The van der Waals surface area contributed by atoms with Crippen LogP contribution in [-0.4, -0.2) is 0 Å². The molecule has 0 radical (unpaired) electrons. The second-order valence-electron chi connectivity index (χ2n) is 2.66. The highest BCUT2D eigenvalue weighted by molar-refractivity contribution is 5.09. The molecule has 0 spiro atoms. The Morgan fingerprint density at radius 3 is 2.10 bits per heavy atom. The van der Waals surface area contributed by atoms with E-state index >= 15 is 0 Å². The molecule has 0 atom stereocenters. The van der Waals surface area contributed by atoms with E-state index in [2.05, 4.69) is 16.4 Å². The molecule has 1 aromatic heterocycles. The quantitative estimate of drug-likeness (QED) is 0.522. The number of hydrogen-bond donors (Lipinski definition) is 0. The first kappa shape index (κ1) is 5.70. The lowest BCUT2D eigenvalue weighted by molar-refractivity contribution is -0.317. The second-order valence-corrected chi connectivity index (χ2v) is 2.66. The van der Waals surface area contributed by atoms with E-state index in [4.69, 9.17) is 9.15 Å². The number of rotatable bonds is 0. The molecule has 1 aromatic rings. The standard InChI is InChI=1S/C6H8O4/c1-4-2-5-6(3-4)8-10-9-7-5/h4H,2-3H2,1H3. The van der Waals surface area contributed by atoms with Crippen LogP contribution in [-0.2, 0) is 12.8 Å². The summed E-state index contributed by atoms with van der Waals surface area (Å²) >= 11 is 0. The van der Waals surface area contributed by atoms with Gasteiger partial charge in [0.15, 0.2) is 0 Å². The van der Waals surface area contributed by atoms with E-state index in [1.54, 1.807) is 0 Å². The Kier molecular flexibility index (Phi) is 1.12. The van der Waals surface area contributed by atoms with Crippen LogP contribution in [0.1, 0.15) is 18.4 Å². The van der Waals surface area contributed by atoms with Gasteiger partial charge in [0.2, 0.25) is 11.5 Å². The molecule has 1 aliphatic rings. The lowest BCUT2D eigenvalue weighted by atomic mass is 10.1. The first-order valence-corrected chi connectivity index (χ1v) is 3.26. The molecule has 0 bridgehead atoms. The van der Waals surface area contributed by atoms with Crippen LogP contribution in [0.5, 0.6) is 0 Å². The van der Waals surface area contributed by atoms with Crippen LogP contribution in [0.4, 0.5) is 0 Å². The molecule has 0 fully saturated rings. The van der Waals surface area contributed by atoms with Gasteiger partial charge >= 0.3 is 0 Å². The van der Waals surface area contributed by atoms with Crippen molar-refractivity contribution in [2.24, 2.45) is 5.92 Å². The Hall–Kier alpha value is -1.06. The zero-order valence-electron chi connectivity index (χ0n) is 5.62. The average Bonchev–Trinajstić information content (AvgIpc) is 2.27. The second kappa shape index (κ2) is 1.97. The monoisotopic (exact) mass is 144 g/mol. The molecule has 0 unspecified atom stereocenters. The van der Waals surface area contributed by atoms with Crippen LogP contribution < -0.4 is 0 Å². The summed E-state index contributed by atoms with van der Waals surface area (Å²) in [6, 6.07) is 0. The Balaban J connectivity index is 2.42. The molecular formula is C6H8O4. The molecule has 0 amide bonds. The van der Waals surface area contributed by atoms with Crippen LogP contribution in [0, 0.1) is 5.92 Å². The smallest absolute Gasteiger partial charge is 0.203 e. The van der Waals surface area contributed by atoms with Crippen molar-refractivity contribution < 1.29 is 18.6 Å². The van der Waals surface area contributed by atoms with Crippen LogP contribution in [0.25, 0.3) is 0 Å². The van der Waals surface area contributed by atoms with Crippen molar-refractivity contribution in [1.82, 2.24) is 0 Å². The summed E-state index contributed by atoms with van der Waals surface area (Å²) in [4.78, 5) is 0. The molecule has 2 rings (SSSR count). The van der Waals surface area contributed by atoms with Crippen LogP contribution in [0.2, 0.25) is 0 Å². The van der Waals surface area contributed by atoms with E-state index < -0.39 is 0 Å². The SMILES string of the molecule is CC1Cc2ooooc2C1. The van der Waals surface area contributed by atoms with Gasteiger partial charge in [-0.1, -0.05) is 6.92 Å². The Morgan fingerprint density at radius 2 is 1.60 bits per heavy atom. The van der Waals surface area contributed by atoms with Crippen LogP contribution in [0.15, 0.2) is 18.6 Å². The largest absolute Gasteiger partial charge is 0.250 e. The Labute approximate surface area is 56.9 Å². The lowest BCUT2D eigenvalue weighted by Crippen LogP contribution is -1.89. The Morgan fingerprint density at radius 1 is 1.10 bits per heavy atom. The molecule has 1 aliphatic carbocycles. The molecule has 0 aromatic carbocycles. The molecular weight excluding hydrogens is 136 g/mol. The summed E-state index contributed by atoms with van der Waals surface area (Å²) in [5.41, 5.74) is 0. The predicted octanol–water partition coefficient (Wildman–Crippen LogP) is 1.92. The van der Waals surface area contributed by atoms with Crippen LogP contribution in [0.3, 0.4) is 0 Å². The first-order valence-electron chi connectivity index (χ1n) is 3.26. The highest BCUT2D eigenvalue weighted by atomic mass is 17.4. The van der Waals surface area contributed by atoms with Gasteiger partial charge in [-0.15, -0.1) is 0 Å². The normalized spacial score (nSPS) is 17.3. The minimum atomic E-state index is 0.565. The Bertz CT molecular complexity index is 222. The fourth-order valence-corrected chi connectivity index (χ4v) is 1.20. The van der Waals surface area contributed by atoms with Crippen molar-refractivity contribution in [1.29, 1.82) is 0 Å². The molecule has 4 heteroatoms. The predicted molar refractivity (Wildman–Crippen MR) is 29.7 cm³/mol. The third-order valence-electron chi connectivity index (χ3n) is 1.68. The molecule has 56 valence electrons. The maximum atomic E-state index is 4.70. The highest BCUT2D eigenvalue weighted by Gasteiger charge is 2.24. The van der Waals surface area contributed by atoms with Gasteiger partial charge in [-0.2, -0.15) is 0 Å². The summed E-state index contributed by atoms with van der Waals surface area (Å²) in [7, 11) is 0. The minimum absolute atomic E-state index is 0.565.